The maximum absolute atomic E-state index is 13.3. The molecule has 23 heavy (non-hydrogen) atoms. The van der Waals surface area contributed by atoms with Gasteiger partial charge >= 0.3 is 5.97 Å². The fourth-order valence-electron chi connectivity index (χ4n) is 1.52. The lowest BCUT2D eigenvalue weighted by Crippen LogP contribution is -2.34. The van der Waals surface area contributed by atoms with Crippen LogP contribution in [0.15, 0.2) is 41.8 Å². The second-order valence-corrected chi connectivity index (χ2v) is 5.18. The van der Waals surface area contributed by atoms with Crippen LogP contribution in [0.2, 0.25) is 0 Å². The van der Waals surface area contributed by atoms with Crippen LogP contribution in [0.5, 0.6) is 5.75 Å². The van der Waals surface area contributed by atoms with Gasteiger partial charge in [-0.15, -0.1) is 11.3 Å². The van der Waals surface area contributed by atoms with E-state index in [1.165, 1.54) is 29.5 Å². The van der Waals surface area contributed by atoms with E-state index >= 15 is 0 Å². The average Bonchev–Trinajstić information content (AvgIpc) is 3.06. The summed E-state index contributed by atoms with van der Waals surface area (Å²) in [5.41, 5.74) is 0. The zero-order valence-corrected chi connectivity index (χ0v) is 12.6. The number of imide groups is 1. The number of halogens is 1. The first-order chi connectivity index (χ1) is 11.1. The Hall–Kier alpha value is -2.74. The SMILES string of the molecule is O=C(COC(=O)COc1ccccc1F)NC(=O)c1cccs1. The summed E-state index contributed by atoms with van der Waals surface area (Å²) in [6, 6.07) is 8.80. The number of nitrogens with one attached hydrogen (secondary N) is 1. The number of ether oxygens (including phenoxy) is 2. The standard InChI is InChI=1S/C15H12FNO5S/c16-10-4-1-2-5-11(10)21-9-14(19)22-8-13(18)17-15(20)12-6-3-7-23-12/h1-7H,8-9H2,(H,17,18,20). The number of esters is 1. The van der Waals surface area contributed by atoms with Gasteiger partial charge in [0.15, 0.2) is 24.8 Å². The number of carbonyl (C=O) groups is 3. The molecule has 0 saturated heterocycles. The molecule has 1 aromatic carbocycles. The Morgan fingerprint density at radius 2 is 1.87 bits per heavy atom. The largest absolute Gasteiger partial charge is 0.479 e. The predicted octanol–water partition coefficient (Wildman–Crippen LogP) is 1.77. The molecule has 2 amide bonds. The molecule has 120 valence electrons. The van der Waals surface area contributed by atoms with Crippen LogP contribution in [0.25, 0.3) is 0 Å². The highest BCUT2D eigenvalue weighted by Crippen LogP contribution is 2.15. The van der Waals surface area contributed by atoms with Gasteiger partial charge in [-0.2, -0.15) is 0 Å². The molecule has 0 bridgehead atoms. The summed E-state index contributed by atoms with van der Waals surface area (Å²) in [5, 5.41) is 3.77. The van der Waals surface area contributed by atoms with E-state index in [1.54, 1.807) is 23.6 Å². The van der Waals surface area contributed by atoms with Crippen LogP contribution in [0.1, 0.15) is 9.67 Å². The van der Waals surface area contributed by atoms with Crippen molar-refractivity contribution in [3.05, 3.63) is 52.5 Å². The first-order valence-electron chi connectivity index (χ1n) is 6.47. The molecule has 1 heterocycles. The fraction of sp³-hybridized carbons (Fsp3) is 0.133. The molecule has 2 rings (SSSR count). The minimum atomic E-state index is -0.855. The van der Waals surface area contributed by atoms with Gasteiger partial charge in [-0.1, -0.05) is 18.2 Å². The molecule has 2 aromatic rings. The molecule has 1 aromatic heterocycles. The van der Waals surface area contributed by atoms with Crippen LogP contribution < -0.4 is 10.1 Å². The molecule has 0 spiro atoms. The molecule has 0 fully saturated rings. The van der Waals surface area contributed by atoms with Crippen LogP contribution >= 0.6 is 11.3 Å². The van der Waals surface area contributed by atoms with Gasteiger partial charge in [0.1, 0.15) is 0 Å². The van der Waals surface area contributed by atoms with Crippen molar-refractivity contribution in [2.45, 2.75) is 0 Å². The van der Waals surface area contributed by atoms with Crippen LogP contribution in [-0.4, -0.2) is 31.0 Å². The summed E-state index contributed by atoms with van der Waals surface area (Å²) in [5.74, 6) is -2.89. The number of para-hydroxylation sites is 1. The fourth-order valence-corrected chi connectivity index (χ4v) is 2.14. The Morgan fingerprint density at radius 3 is 2.57 bits per heavy atom. The van der Waals surface area contributed by atoms with Crippen molar-refractivity contribution in [3.8, 4) is 5.75 Å². The van der Waals surface area contributed by atoms with E-state index in [-0.39, 0.29) is 5.75 Å². The van der Waals surface area contributed by atoms with Crippen LogP contribution in [0.4, 0.5) is 4.39 Å². The number of hydrogen-bond donors (Lipinski definition) is 1. The van der Waals surface area contributed by atoms with Gasteiger partial charge < -0.3 is 9.47 Å². The first-order valence-corrected chi connectivity index (χ1v) is 7.35. The summed E-state index contributed by atoms with van der Waals surface area (Å²) in [6.07, 6.45) is 0. The Bertz CT molecular complexity index is 702. The molecule has 6 nitrogen and oxygen atoms in total. The van der Waals surface area contributed by atoms with Gasteiger partial charge in [0.25, 0.3) is 11.8 Å². The first kappa shape index (κ1) is 16.6. The van der Waals surface area contributed by atoms with Crippen LogP contribution in [0.3, 0.4) is 0 Å². The maximum atomic E-state index is 13.3. The quantitative estimate of drug-likeness (QED) is 0.813. The van der Waals surface area contributed by atoms with Crippen molar-refractivity contribution in [2.75, 3.05) is 13.2 Å². The van der Waals surface area contributed by atoms with Crippen LogP contribution in [-0.2, 0) is 14.3 Å². The topological polar surface area (TPSA) is 81.7 Å². The zero-order valence-electron chi connectivity index (χ0n) is 11.8. The third-order valence-electron chi connectivity index (χ3n) is 2.54. The highest BCUT2D eigenvalue weighted by atomic mass is 32.1. The van der Waals surface area contributed by atoms with E-state index in [0.29, 0.717) is 4.88 Å². The van der Waals surface area contributed by atoms with Gasteiger partial charge in [-0.05, 0) is 23.6 Å². The number of hydrogen-bond acceptors (Lipinski definition) is 6. The number of benzene rings is 1. The minimum Gasteiger partial charge on any atom is -0.479 e. The van der Waals surface area contributed by atoms with E-state index in [4.69, 9.17) is 4.74 Å². The molecule has 0 aliphatic carbocycles. The second kappa shape index (κ2) is 8.04. The smallest absolute Gasteiger partial charge is 0.344 e. The molecule has 0 radical (unpaired) electrons. The average molecular weight is 337 g/mol. The van der Waals surface area contributed by atoms with Gasteiger partial charge in [0, 0.05) is 0 Å². The molecule has 0 saturated carbocycles. The minimum absolute atomic E-state index is 0.0956. The van der Waals surface area contributed by atoms with E-state index in [2.05, 4.69) is 10.1 Å². The number of thiophene rings is 1. The molecule has 0 aliphatic heterocycles. The lowest BCUT2D eigenvalue weighted by molar-refractivity contribution is -0.150. The van der Waals surface area contributed by atoms with E-state index in [1.807, 2.05) is 0 Å². The molecule has 1 N–H and O–H groups in total. The molecule has 0 atom stereocenters. The summed E-state index contributed by atoms with van der Waals surface area (Å²) in [6.45, 7) is -1.18. The van der Waals surface area contributed by atoms with Crippen molar-refractivity contribution in [3.63, 3.8) is 0 Å². The van der Waals surface area contributed by atoms with Crippen molar-refractivity contribution < 1.29 is 28.2 Å². The molecule has 0 aliphatic rings. The van der Waals surface area contributed by atoms with Crippen molar-refractivity contribution in [1.82, 2.24) is 5.32 Å². The number of amides is 2. The zero-order chi connectivity index (χ0) is 16.7. The Balaban J connectivity index is 1.71. The van der Waals surface area contributed by atoms with Gasteiger partial charge in [-0.3, -0.25) is 14.9 Å². The Kier molecular flexibility index (Phi) is 5.81. The monoisotopic (exact) mass is 337 g/mol. The number of rotatable bonds is 6. The summed E-state index contributed by atoms with van der Waals surface area (Å²) in [7, 11) is 0. The van der Waals surface area contributed by atoms with E-state index < -0.39 is 36.8 Å². The molecule has 8 heteroatoms. The number of carbonyl (C=O) groups excluding carboxylic acids is 3. The van der Waals surface area contributed by atoms with Crippen molar-refractivity contribution in [1.29, 1.82) is 0 Å². The maximum Gasteiger partial charge on any atom is 0.344 e. The summed E-state index contributed by atoms with van der Waals surface area (Å²) in [4.78, 5) is 34.8. The highest BCUT2D eigenvalue weighted by Gasteiger charge is 2.14. The predicted molar refractivity (Wildman–Crippen MR) is 79.6 cm³/mol. The molecular formula is C15H12FNO5S. The van der Waals surface area contributed by atoms with Gasteiger partial charge in [-0.25, -0.2) is 9.18 Å². The summed E-state index contributed by atoms with van der Waals surface area (Å²) >= 11 is 1.18. The summed E-state index contributed by atoms with van der Waals surface area (Å²) < 4.78 is 22.8. The normalized spacial score (nSPS) is 9.96. The lowest BCUT2D eigenvalue weighted by atomic mass is 10.3. The third kappa shape index (κ3) is 5.19. The van der Waals surface area contributed by atoms with Crippen molar-refractivity contribution >= 4 is 29.1 Å². The molecular weight excluding hydrogens is 325 g/mol. The van der Waals surface area contributed by atoms with E-state index in [9.17, 15) is 18.8 Å². The third-order valence-corrected chi connectivity index (χ3v) is 3.41. The second-order valence-electron chi connectivity index (χ2n) is 4.23. The Morgan fingerprint density at radius 1 is 1.09 bits per heavy atom. The van der Waals surface area contributed by atoms with E-state index in [0.717, 1.165) is 0 Å². The highest BCUT2D eigenvalue weighted by molar-refractivity contribution is 7.12. The van der Waals surface area contributed by atoms with Crippen molar-refractivity contribution in [2.24, 2.45) is 0 Å². The lowest BCUT2D eigenvalue weighted by Gasteiger charge is -2.07. The molecule has 0 unspecified atom stereocenters. The van der Waals surface area contributed by atoms with Gasteiger partial charge in [0.05, 0.1) is 4.88 Å². The van der Waals surface area contributed by atoms with Gasteiger partial charge in [0.2, 0.25) is 0 Å². The van der Waals surface area contributed by atoms with Crippen LogP contribution in [0, 0.1) is 5.82 Å². The Labute approximate surface area is 134 Å².